The number of pyridine rings is 1. The molecule has 1 heterocycles. The van der Waals surface area contributed by atoms with Gasteiger partial charge in [0.1, 0.15) is 0 Å². The monoisotopic (exact) mass is 268 g/mol. The molecule has 20 heavy (non-hydrogen) atoms. The van der Waals surface area contributed by atoms with Gasteiger partial charge in [-0.05, 0) is 54.6 Å². The third-order valence-electron chi connectivity index (χ3n) is 3.68. The fourth-order valence-corrected chi connectivity index (χ4v) is 2.47. The molecular weight excluding hydrogens is 244 g/mol. The maximum Gasteiger partial charge on any atom is 0.0594 e. The molecule has 106 valence electrons. The van der Waals surface area contributed by atoms with Crippen LogP contribution in [0.25, 0.3) is 0 Å². The first-order valence-electron chi connectivity index (χ1n) is 7.49. The summed E-state index contributed by atoms with van der Waals surface area (Å²) in [5.41, 5.74) is 5.27. The fourth-order valence-electron chi connectivity index (χ4n) is 2.47. The predicted molar refractivity (Wildman–Crippen MR) is 84.9 cm³/mol. The summed E-state index contributed by atoms with van der Waals surface area (Å²) >= 11 is 0. The highest BCUT2D eigenvalue weighted by Crippen LogP contribution is 2.25. The van der Waals surface area contributed by atoms with Gasteiger partial charge in [0, 0.05) is 12.4 Å². The van der Waals surface area contributed by atoms with Crippen molar-refractivity contribution in [1.29, 1.82) is 0 Å². The van der Waals surface area contributed by atoms with Gasteiger partial charge in [-0.3, -0.25) is 4.98 Å². The first-order chi connectivity index (χ1) is 9.76. The molecule has 1 N–H and O–H groups in total. The standard InChI is InChI=1S/C18H24N2/c1-4-10-20-18(17-13-19-11-9-14(17)3)16-8-6-7-15(5-2)12-16/h6-9,11-13,18,20H,4-5,10H2,1-3H3. The molecule has 0 amide bonds. The fraction of sp³-hybridized carbons (Fsp3) is 0.389. The van der Waals surface area contributed by atoms with Crippen molar-refractivity contribution in [3.63, 3.8) is 0 Å². The number of rotatable bonds is 6. The van der Waals surface area contributed by atoms with E-state index in [-0.39, 0.29) is 6.04 Å². The van der Waals surface area contributed by atoms with Crippen LogP contribution >= 0.6 is 0 Å². The first-order valence-corrected chi connectivity index (χ1v) is 7.49. The Morgan fingerprint density at radius 2 is 2.05 bits per heavy atom. The average Bonchev–Trinajstić information content (AvgIpc) is 2.49. The zero-order valence-electron chi connectivity index (χ0n) is 12.7. The molecule has 2 nitrogen and oxygen atoms in total. The van der Waals surface area contributed by atoms with Gasteiger partial charge < -0.3 is 5.32 Å². The van der Waals surface area contributed by atoms with Crippen molar-refractivity contribution < 1.29 is 0 Å². The van der Waals surface area contributed by atoms with E-state index in [4.69, 9.17) is 0 Å². The Balaban J connectivity index is 2.38. The molecule has 0 saturated heterocycles. The molecule has 2 heteroatoms. The second kappa shape index (κ2) is 7.20. The topological polar surface area (TPSA) is 24.9 Å². The van der Waals surface area contributed by atoms with Crippen molar-refractivity contribution in [2.45, 2.75) is 39.7 Å². The second-order valence-electron chi connectivity index (χ2n) is 5.22. The van der Waals surface area contributed by atoms with Crippen LogP contribution in [0.5, 0.6) is 0 Å². The van der Waals surface area contributed by atoms with E-state index in [0.29, 0.717) is 0 Å². The summed E-state index contributed by atoms with van der Waals surface area (Å²) in [6, 6.07) is 11.2. The Bertz CT molecular complexity index is 549. The van der Waals surface area contributed by atoms with Crippen LogP contribution in [0.2, 0.25) is 0 Å². The zero-order valence-corrected chi connectivity index (χ0v) is 12.7. The van der Waals surface area contributed by atoms with Gasteiger partial charge in [-0.15, -0.1) is 0 Å². The minimum absolute atomic E-state index is 0.232. The number of nitrogens with zero attached hydrogens (tertiary/aromatic N) is 1. The van der Waals surface area contributed by atoms with Crippen molar-refractivity contribution in [3.8, 4) is 0 Å². The summed E-state index contributed by atoms with van der Waals surface area (Å²) in [5.74, 6) is 0. The predicted octanol–water partition coefficient (Wildman–Crippen LogP) is 4.04. The van der Waals surface area contributed by atoms with Gasteiger partial charge in [0.05, 0.1) is 6.04 Å². The smallest absolute Gasteiger partial charge is 0.0594 e. The summed E-state index contributed by atoms with van der Waals surface area (Å²) in [6.07, 6.45) is 6.04. The van der Waals surface area contributed by atoms with Crippen molar-refractivity contribution in [1.82, 2.24) is 10.3 Å². The van der Waals surface area contributed by atoms with Crippen molar-refractivity contribution in [2.24, 2.45) is 0 Å². The summed E-state index contributed by atoms with van der Waals surface area (Å²) in [6.45, 7) is 7.56. The van der Waals surface area contributed by atoms with E-state index in [1.807, 2.05) is 12.4 Å². The molecule has 0 bridgehead atoms. The number of hydrogen-bond donors (Lipinski definition) is 1. The van der Waals surface area contributed by atoms with E-state index in [9.17, 15) is 0 Å². The van der Waals surface area contributed by atoms with Crippen LogP contribution in [-0.4, -0.2) is 11.5 Å². The molecule has 0 radical (unpaired) electrons. The van der Waals surface area contributed by atoms with Gasteiger partial charge in [0.15, 0.2) is 0 Å². The van der Waals surface area contributed by atoms with Gasteiger partial charge in [-0.25, -0.2) is 0 Å². The highest BCUT2D eigenvalue weighted by atomic mass is 14.9. The number of nitrogens with one attached hydrogen (secondary N) is 1. The highest BCUT2D eigenvalue weighted by Gasteiger charge is 2.15. The molecule has 0 fully saturated rings. The van der Waals surface area contributed by atoms with Crippen molar-refractivity contribution in [3.05, 3.63) is 65.0 Å². The largest absolute Gasteiger partial charge is 0.306 e. The van der Waals surface area contributed by atoms with Crippen LogP contribution in [0, 0.1) is 6.92 Å². The number of benzene rings is 1. The molecule has 2 rings (SSSR count). The van der Waals surface area contributed by atoms with Gasteiger partial charge in [0.2, 0.25) is 0 Å². The number of aryl methyl sites for hydroxylation is 2. The molecule has 1 aromatic heterocycles. The van der Waals surface area contributed by atoms with E-state index in [1.54, 1.807) is 0 Å². The molecule has 0 spiro atoms. The summed E-state index contributed by atoms with van der Waals surface area (Å²) in [5, 5.41) is 3.65. The van der Waals surface area contributed by atoms with Crippen LogP contribution in [0.15, 0.2) is 42.7 Å². The van der Waals surface area contributed by atoms with E-state index in [1.165, 1.54) is 22.3 Å². The van der Waals surface area contributed by atoms with Gasteiger partial charge in [-0.1, -0.05) is 38.1 Å². The lowest BCUT2D eigenvalue weighted by Gasteiger charge is -2.21. The molecule has 1 unspecified atom stereocenters. The zero-order chi connectivity index (χ0) is 14.4. The average molecular weight is 268 g/mol. The molecular formula is C18H24N2. The second-order valence-corrected chi connectivity index (χ2v) is 5.22. The Hall–Kier alpha value is -1.67. The summed E-state index contributed by atoms with van der Waals surface area (Å²) in [7, 11) is 0. The lowest BCUT2D eigenvalue weighted by Crippen LogP contribution is -2.24. The molecule has 1 atom stereocenters. The van der Waals surface area contributed by atoms with E-state index >= 15 is 0 Å². The SMILES string of the molecule is CCCNC(c1cccc(CC)c1)c1cnccc1C. The normalized spacial score (nSPS) is 12.3. The van der Waals surface area contributed by atoms with Crippen molar-refractivity contribution >= 4 is 0 Å². The first kappa shape index (κ1) is 14.7. The van der Waals surface area contributed by atoms with E-state index < -0.39 is 0 Å². The molecule has 0 aliphatic heterocycles. The van der Waals surface area contributed by atoms with Gasteiger partial charge >= 0.3 is 0 Å². The lowest BCUT2D eigenvalue weighted by atomic mass is 9.95. The third kappa shape index (κ3) is 3.45. The minimum atomic E-state index is 0.232. The molecule has 0 saturated carbocycles. The van der Waals surface area contributed by atoms with Crippen molar-refractivity contribution in [2.75, 3.05) is 6.54 Å². The Labute approximate surface area is 122 Å². The molecule has 0 aliphatic rings. The van der Waals surface area contributed by atoms with Gasteiger partial charge in [-0.2, -0.15) is 0 Å². The molecule has 1 aromatic carbocycles. The van der Waals surface area contributed by atoms with Crippen LogP contribution in [0.3, 0.4) is 0 Å². The minimum Gasteiger partial charge on any atom is -0.306 e. The highest BCUT2D eigenvalue weighted by molar-refractivity contribution is 5.36. The third-order valence-corrected chi connectivity index (χ3v) is 3.68. The van der Waals surface area contributed by atoms with E-state index in [2.05, 4.69) is 61.4 Å². The van der Waals surface area contributed by atoms with Gasteiger partial charge in [0.25, 0.3) is 0 Å². The van der Waals surface area contributed by atoms with E-state index in [0.717, 1.165) is 19.4 Å². The van der Waals surface area contributed by atoms with Crippen LogP contribution in [0.1, 0.15) is 48.6 Å². The maximum atomic E-state index is 4.30. The molecule has 2 aromatic rings. The Morgan fingerprint density at radius 3 is 2.75 bits per heavy atom. The quantitative estimate of drug-likeness (QED) is 0.855. The molecule has 0 aliphatic carbocycles. The van der Waals surface area contributed by atoms with Crippen LogP contribution < -0.4 is 5.32 Å². The van der Waals surface area contributed by atoms with Crippen LogP contribution in [0.4, 0.5) is 0 Å². The lowest BCUT2D eigenvalue weighted by molar-refractivity contribution is 0.594. The summed E-state index contributed by atoms with van der Waals surface area (Å²) in [4.78, 5) is 4.30. The number of hydrogen-bond acceptors (Lipinski definition) is 2. The number of aromatic nitrogens is 1. The Kier molecular flexibility index (Phi) is 5.31. The maximum absolute atomic E-state index is 4.30. The summed E-state index contributed by atoms with van der Waals surface area (Å²) < 4.78 is 0. The van der Waals surface area contributed by atoms with Crippen LogP contribution in [-0.2, 0) is 6.42 Å². The Morgan fingerprint density at radius 1 is 1.20 bits per heavy atom.